The fourth-order valence-corrected chi connectivity index (χ4v) is 3.99. The zero-order chi connectivity index (χ0) is 20.8. The average molecular weight is 442 g/mol. The van der Waals surface area contributed by atoms with E-state index in [1.54, 1.807) is 24.4 Å². The Hall–Kier alpha value is -2.94. The number of anilines is 3. The van der Waals surface area contributed by atoms with Gasteiger partial charge in [0.1, 0.15) is 28.8 Å². The number of H-pyrrole nitrogens is 1. The predicted octanol–water partition coefficient (Wildman–Crippen LogP) is 3.95. The summed E-state index contributed by atoms with van der Waals surface area (Å²) in [5, 5.41) is 13.8. The van der Waals surface area contributed by atoms with E-state index >= 15 is 0 Å². The number of hydrogen-bond acceptors (Lipinski definition) is 7. The molecule has 8 nitrogen and oxygen atoms in total. The van der Waals surface area contributed by atoms with Crippen LogP contribution in [0.4, 0.5) is 17.5 Å². The number of aliphatic hydroxyl groups excluding tert-OH is 1. The lowest BCUT2D eigenvalue weighted by Crippen LogP contribution is -2.51. The van der Waals surface area contributed by atoms with Crippen molar-refractivity contribution in [1.29, 1.82) is 0 Å². The summed E-state index contributed by atoms with van der Waals surface area (Å²) in [6.45, 7) is 2.95. The molecule has 3 aromatic heterocycles. The third kappa shape index (κ3) is 3.43. The topological polar surface area (TPSA) is 103 Å². The molecular formula is C20H17Cl2N7O. The van der Waals surface area contributed by atoms with Gasteiger partial charge in [-0.05, 0) is 25.1 Å². The van der Waals surface area contributed by atoms with Crippen molar-refractivity contribution in [3.05, 3.63) is 52.4 Å². The maximum atomic E-state index is 9.57. The number of hydrogen-bond donors (Lipinski definition) is 3. The highest BCUT2D eigenvalue weighted by molar-refractivity contribution is 6.39. The van der Waals surface area contributed by atoms with Crippen LogP contribution in [-0.4, -0.2) is 49.2 Å². The molecule has 4 heterocycles. The van der Waals surface area contributed by atoms with Crippen LogP contribution in [0.2, 0.25) is 10.0 Å². The number of aryl methyl sites for hydroxylation is 1. The van der Waals surface area contributed by atoms with Crippen molar-refractivity contribution < 1.29 is 5.11 Å². The molecule has 4 aromatic rings. The Morgan fingerprint density at radius 2 is 1.90 bits per heavy atom. The van der Waals surface area contributed by atoms with Crippen LogP contribution in [0.1, 0.15) is 5.82 Å². The molecule has 1 fully saturated rings. The van der Waals surface area contributed by atoms with Gasteiger partial charge in [0, 0.05) is 25.4 Å². The van der Waals surface area contributed by atoms with Crippen LogP contribution in [-0.2, 0) is 0 Å². The second kappa shape index (κ2) is 7.39. The zero-order valence-corrected chi connectivity index (χ0v) is 17.4. The number of aliphatic hydroxyl groups is 1. The second-order valence-electron chi connectivity index (χ2n) is 7.08. The van der Waals surface area contributed by atoms with Gasteiger partial charge in [-0.3, -0.25) is 0 Å². The minimum atomic E-state index is -0.314. The van der Waals surface area contributed by atoms with E-state index in [4.69, 9.17) is 23.2 Å². The Morgan fingerprint density at radius 1 is 1.13 bits per heavy atom. The maximum Gasteiger partial charge on any atom is 0.159 e. The van der Waals surface area contributed by atoms with Crippen LogP contribution in [0.15, 0.2) is 36.5 Å². The summed E-state index contributed by atoms with van der Waals surface area (Å²) in [6.07, 6.45) is 1.37. The van der Waals surface area contributed by atoms with E-state index in [0.717, 1.165) is 11.3 Å². The van der Waals surface area contributed by atoms with E-state index in [-0.39, 0.29) is 6.10 Å². The van der Waals surface area contributed by atoms with E-state index < -0.39 is 0 Å². The molecule has 1 saturated heterocycles. The Labute approximate surface area is 181 Å². The maximum absolute atomic E-state index is 9.57. The summed E-state index contributed by atoms with van der Waals surface area (Å²) in [7, 11) is 0. The first kappa shape index (κ1) is 19.0. The second-order valence-corrected chi connectivity index (χ2v) is 7.89. The van der Waals surface area contributed by atoms with E-state index in [1.807, 2.05) is 24.0 Å². The standard InChI is InChI=1S/C20H17Cl2N7O/c1-10-24-15(7-16(25-10)29-8-11(30)9-29)27-20-18-14(5-6-23-20)26-19(28-18)17-12(21)3-2-4-13(17)22/h2-7,11,30H,8-9H2,1H3,(H,26,28)(H,23,24,25,27). The Bertz CT molecular complexity index is 1230. The summed E-state index contributed by atoms with van der Waals surface area (Å²) in [5.41, 5.74) is 2.07. The molecule has 0 spiro atoms. The van der Waals surface area contributed by atoms with Crippen molar-refractivity contribution in [3.63, 3.8) is 0 Å². The van der Waals surface area contributed by atoms with Gasteiger partial charge in [-0.2, -0.15) is 0 Å². The molecule has 3 N–H and O–H groups in total. The lowest BCUT2D eigenvalue weighted by atomic mass is 10.2. The third-order valence-electron chi connectivity index (χ3n) is 4.86. The molecule has 0 bridgehead atoms. The summed E-state index contributed by atoms with van der Waals surface area (Å²) >= 11 is 12.7. The molecule has 0 atom stereocenters. The number of aromatic amines is 1. The molecule has 152 valence electrons. The summed E-state index contributed by atoms with van der Waals surface area (Å²) in [6, 6.07) is 8.99. The van der Waals surface area contributed by atoms with Crippen LogP contribution < -0.4 is 10.2 Å². The number of halogens is 2. The number of nitrogens with zero attached hydrogens (tertiary/aromatic N) is 5. The molecular weight excluding hydrogens is 425 g/mol. The third-order valence-corrected chi connectivity index (χ3v) is 5.49. The van der Waals surface area contributed by atoms with Crippen molar-refractivity contribution in [2.75, 3.05) is 23.3 Å². The quantitative estimate of drug-likeness (QED) is 0.440. The number of pyridine rings is 1. The number of aromatic nitrogens is 5. The van der Waals surface area contributed by atoms with Crippen molar-refractivity contribution in [2.45, 2.75) is 13.0 Å². The van der Waals surface area contributed by atoms with Crippen LogP contribution in [0.5, 0.6) is 0 Å². The van der Waals surface area contributed by atoms with Crippen molar-refractivity contribution in [3.8, 4) is 11.4 Å². The number of imidazole rings is 1. The highest BCUT2D eigenvalue weighted by atomic mass is 35.5. The number of fused-ring (bicyclic) bond motifs is 1. The molecule has 1 aliphatic heterocycles. The lowest BCUT2D eigenvalue weighted by Gasteiger charge is -2.36. The van der Waals surface area contributed by atoms with Gasteiger partial charge < -0.3 is 20.3 Å². The first-order valence-electron chi connectivity index (χ1n) is 9.33. The monoisotopic (exact) mass is 441 g/mol. The van der Waals surface area contributed by atoms with Gasteiger partial charge in [-0.15, -0.1) is 0 Å². The first-order valence-corrected chi connectivity index (χ1v) is 10.1. The van der Waals surface area contributed by atoms with E-state index in [0.29, 0.717) is 57.5 Å². The van der Waals surface area contributed by atoms with Gasteiger partial charge in [-0.1, -0.05) is 29.3 Å². The Kier molecular flexibility index (Phi) is 4.69. The number of benzene rings is 1. The SMILES string of the molecule is Cc1nc(Nc2nccc3[nH]c(-c4c(Cl)cccc4Cl)nc23)cc(N2CC(O)C2)n1. The summed E-state index contributed by atoms with van der Waals surface area (Å²) in [5.74, 6) is 3.08. The van der Waals surface area contributed by atoms with Crippen molar-refractivity contribution in [2.24, 2.45) is 0 Å². The molecule has 0 radical (unpaired) electrons. The highest BCUT2D eigenvalue weighted by Crippen LogP contribution is 2.35. The van der Waals surface area contributed by atoms with Gasteiger partial charge in [0.05, 0.1) is 27.2 Å². The number of β-amino-alcohol motifs (C(OH)–C–C–N with tert-alkyl or cyclic N) is 1. The lowest BCUT2D eigenvalue weighted by molar-refractivity contribution is 0.141. The fourth-order valence-electron chi connectivity index (χ4n) is 3.41. The van der Waals surface area contributed by atoms with Crippen LogP contribution in [0.25, 0.3) is 22.4 Å². The van der Waals surface area contributed by atoms with Crippen LogP contribution in [0.3, 0.4) is 0 Å². The van der Waals surface area contributed by atoms with Gasteiger partial charge in [0.2, 0.25) is 0 Å². The smallest absolute Gasteiger partial charge is 0.159 e. The number of rotatable bonds is 4. The van der Waals surface area contributed by atoms with Gasteiger partial charge in [0.25, 0.3) is 0 Å². The van der Waals surface area contributed by atoms with Gasteiger partial charge >= 0.3 is 0 Å². The minimum Gasteiger partial charge on any atom is -0.389 e. The van der Waals surface area contributed by atoms with Crippen molar-refractivity contribution in [1.82, 2.24) is 24.9 Å². The molecule has 0 saturated carbocycles. The van der Waals surface area contributed by atoms with Crippen molar-refractivity contribution >= 4 is 51.7 Å². The van der Waals surface area contributed by atoms with E-state index in [2.05, 4.69) is 30.2 Å². The highest BCUT2D eigenvalue weighted by Gasteiger charge is 2.26. The molecule has 0 aliphatic carbocycles. The molecule has 0 unspecified atom stereocenters. The average Bonchev–Trinajstić information content (AvgIpc) is 3.09. The molecule has 0 amide bonds. The zero-order valence-electron chi connectivity index (χ0n) is 15.9. The molecule has 1 aromatic carbocycles. The van der Waals surface area contributed by atoms with Gasteiger partial charge in [0.15, 0.2) is 5.82 Å². The van der Waals surface area contributed by atoms with Gasteiger partial charge in [-0.25, -0.2) is 19.9 Å². The minimum absolute atomic E-state index is 0.314. The number of nitrogens with one attached hydrogen (secondary N) is 2. The predicted molar refractivity (Wildman–Crippen MR) is 118 cm³/mol. The fraction of sp³-hybridized carbons (Fsp3) is 0.200. The molecule has 1 aliphatic rings. The summed E-state index contributed by atoms with van der Waals surface area (Å²) in [4.78, 5) is 23.3. The largest absolute Gasteiger partial charge is 0.389 e. The van der Waals surface area contributed by atoms with E-state index in [1.165, 1.54) is 0 Å². The molecule has 10 heteroatoms. The molecule has 5 rings (SSSR count). The first-order chi connectivity index (χ1) is 14.5. The van der Waals surface area contributed by atoms with Crippen LogP contribution in [0, 0.1) is 6.92 Å². The normalized spacial score (nSPS) is 14.2. The Morgan fingerprint density at radius 3 is 2.63 bits per heavy atom. The summed E-state index contributed by atoms with van der Waals surface area (Å²) < 4.78 is 0. The molecule has 30 heavy (non-hydrogen) atoms. The van der Waals surface area contributed by atoms with Crippen LogP contribution >= 0.6 is 23.2 Å². The Balaban J connectivity index is 1.52. The van der Waals surface area contributed by atoms with E-state index in [9.17, 15) is 5.11 Å².